The summed E-state index contributed by atoms with van der Waals surface area (Å²) >= 11 is 0. The molecule has 1 aromatic rings. The average Bonchev–Trinajstić information content (AvgIpc) is 2.91. The fourth-order valence-corrected chi connectivity index (χ4v) is 4.22. The van der Waals surface area contributed by atoms with Gasteiger partial charge in [-0.2, -0.15) is 13.2 Å². The Morgan fingerprint density at radius 3 is 2.00 bits per heavy atom. The number of hydrogen-bond donors (Lipinski definition) is 1. The Hall–Kier alpha value is -1.03. The van der Waals surface area contributed by atoms with Crippen LogP contribution in [-0.4, -0.2) is 5.11 Å². The first-order valence-corrected chi connectivity index (χ1v) is 7.74. The zero-order chi connectivity index (χ0) is 15.1. The van der Waals surface area contributed by atoms with Gasteiger partial charge in [-0.3, -0.25) is 0 Å². The van der Waals surface area contributed by atoms with Gasteiger partial charge < -0.3 is 5.11 Å². The van der Waals surface area contributed by atoms with Crippen LogP contribution in [0.25, 0.3) is 0 Å². The predicted octanol–water partition coefficient (Wildman–Crippen LogP) is 5.03. The summed E-state index contributed by atoms with van der Waals surface area (Å²) in [4.78, 5) is 0. The van der Waals surface area contributed by atoms with E-state index >= 15 is 0 Å². The van der Waals surface area contributed by atoms with Crippen LogP contribution < -0.4 is 0 Å². The van der Waals surface area contributed by atoms with Gasteiger partial charge >= 0.3 is 6.18 Å². The van der Waals surface area contributed by atoms with Crippen molar-refractivity contribution in [3.8, 4) is 0 Å². The van der Waals surface area contributed by atoms with Crippen molar-refractivity contribution in [1.82, 2.24) is 0 Å². The largest absolute Gasteiger partial charge is 0.416 e. The summed E-state index contributed by atoms with van der Waals surface area (Å²) in [5.74, 6) is 0. The molecule has 2 fully saturated rings. The minimum Gasteiger partial charge on any atom is -0.385 e. The zero-order valence-corrected chi connectivity index (χ0v) is 12.0. The highest BCUT2D eigenvalue weighted by atomic mass is 19.4. The van der Waals surface area contributed by atoms with Crippen molar-refractivity contribution in [2.45, 2.75) is 63.1 Å². The van der Waals surface area contributed by atoms with Gasteiger partial charge in [0.25, 0.3) is 0 Å². The zero-order valence-electron chi connectivity index (χ0n) is 12.0. The summed E-state index contributed by atoms with van der Waals surface area (Å²) in [6, 6.07) is 5.49. The van der Waals surface area contributed by atoms with E-state index in [-0.39, 0.29) is 5.56 Å². The molecule has 0 radical (unpaired) electrons. The first kappa shape index (κ1) is 14.9. The number of benzene rings is 1. The minimum absolute atomic E-state index is 0.0605. The maximum absolute atomic E-state index is 13.2. The molecule has 21 heavy (non-hydrogen) atoms. The second-order valence-corrected chi connectivity index (χ2v) is 6.78. The quantitative estimate of drug-likeness (QED) is 0.771. The van der Waals surface area contributed by atoms with Gasteiger partial charge in [0.05, 0.1) is 11.2 Å². The molecule has 0 heterocycles. The molecular formula is C17H21F3O. The maximum atomic E-state index is 13.2. The molecular weight excluding hydrogens is 277 g/mol. The van der Waals surface area contributed by atoms with Crippen LogP contribution in [0, 0.1) is 5.41 Å². The molecule has 3 rings (SSSR count). The van der Waals surface area contributed by atoms with Gasteiger partial charge in [0.1, 0.15) is 0 Å². The fourth-order valence-electron chi connectivity index (χ4n) is 4.22. The molecule has 1 aromatic carbocycles. The predicted molar refractivity (Wildman–Crippen MR) is 74.7 cm³/mol. The van der Waals surface area contributed by atoms with E-state index in [9.17, 15) is 18.3 Å². The third-order valence-electron chi connectivity index (χ3n) is 5.54. The molecule has 0 amide bonds. The highest BCUT2D eigenvalue weighted by Crippen LogP contribution is 2.54. The summed E-state index contributed by atoms with van der Waals surface area (Å²) in [7, 11) is 0. The molecule has 2 aliphatic rings. The van der Waals surface area contributed by atoms with E-state index in [1.165, 1.54) is 37.8 Å². The number of alkyl halides is 3. The van der Waals surface area contributed by atoms with Crippen molar-refractivity contribution < 1.29 is 18.3 Å². The Labute approximate surface area is 123 Å². The molecule has 1 N–H and O–H groups in total. The summed E-state index contributed by atoms with van der Waals surface area (Å²) in [6.07, 6.45) is 2.95. The Morgan fingerprint density at radius 1 is 0.857 bits per heavy atom. The summed E-state index contributed by atoms with van der Waals surface area (Å²) in [5, 5.41) is 10.8. The minimum atomic E-state index is -4.41. The van der Waals surface area contributed by atoms with Crippen molar-refractivity contribution in [3.63, 3.8) is 0 Å². The first-order valence-electron chi connectivity index (χ1n) is 7.74. The van der Waals surface area contributed by atoms with Crippen LogP contribution in [0.4, 0.5) is 13.2 Å². The molecule has 0 atom stereocenters. The highest BCUT2D eigenvalue weighted by Gasteiger charge is 2.46. The molecule has 0 bridgehead atoms. The van der Waals surface area contributed by atoms with Crippen molar-refractivity contribution in [1.29, 1.82) is 0 Å². The number of halogens is 3. The maximum Gasteiger partial charge on any atom is 0.416 e. The SMILES string of the molecule is OC1(c2ccccc2C(F)(F)F)CCC2(CCCC2)CC1. The monoisotopic (exact) mass is 298 g/mol. The molecule has 1 spiro atoms. The van der Waals surface area contributed by atoms with Crippen LogP contribution in [-0.2, 0) is 11.8 Å². The summed E-state index contributed by atoms with van der Waals surface area (Å²) in [6.45, 7) is 0. The molecule has 0 unspecified atom stereocenters. The lowest BCUT2D eigenvalue weighted by Gasteiger charge is -2.43. The van der Waals surface area contributed by atoms with Crippen LogP contribution in [0.15, 0.2) is 24.3 Å². The van der Waals surface area contributed by atoms with Crippen molar-refractivity contribution in [3.05, 3.63) is 35.4 Å². The van der Waals surface area contributed by atoms with E-state index in [4.69, 9.17) is 0 Å². The Morgan fingerprint density at radius 2 is 1.43 bits per heavy atom. The number of rotatable bonds is 1. The molecule has 4 heteroatoms. The van der Waals surface area contributed by atoms with E-state index in [2.05, 4.69) is 0 Å². The van der Waals surface area contributed by atoms with Crippen LogP contribution in [0.2, 0.25) is 0 Å². The van der Waals surface area contributed by atoms with Gasteiger partial charge in [0.15, 0.2) is 0 Å². The van der Waals surface area contributed by atoms with Crippen molar-refractivity contribution >= 4 is 0 Å². The van der Waals surface area contributed by atoms with Gasteiger partial charge in [-0.1, -0.05) is 31.0 Å². The Bertz CT molecular complexity index is 505. The molecule has 0 aromatic heterocycles. The highest BCUT2D eigenvalue weighted by molar-refractivity contribution is 5.35. The fraction of sp³-hybridized carbons (Fsp3) is 0.647. The molecule has 116 valence electrons. The second-order valence-electron chi connectivity index (χ2n) is 6.78. The van der Waals surface area contributed by atoms with E-state index in [1.807, 2.05) is 0 Å². The summed E-state index contributed by atoms with van der Waals surface area (Å²) in [5.41, 5.74) is -1.65. The Balaban J connectivity index is 1.87. The standard InChI is InChI=1S/C17H21F3O/c18-17(19,20)14-6-2-1-5-13(14)16(21)11-9-15(10-12-16)7-3-4-8-15/h1-2,5-6,21H,3-4,7-12H2. The van der Waals surface area contributed by atoms with Crippen LogP contribution >= 0.6 is 0 Å². The van der Waals surface area contributed by atoms with E-state index < -0.39 is 17.3 Å². The molecule has 2 aliphatic carbocycles. The third kappa shape index (κ3) is 2.70. The van der Waals surface area contributed by atoms with Crippen molar-refractivity contribution in [2.24, 2.45) is 5.41 Å². The van der Waals surface area contributed by atoms with Gasteiger partial charge in [-0.25, -0.2) is 0 Å². The smallest absolute Gasteiger partial charge is 0.385 e. The number of hydrogen-bond acceptors (Lipinski definition) is 1. The van der Waals surface area contributed by atoms with Gasteiger partial charge in [-0.05, 0) is 55.6 Å². The van der Waals surface area contributed by atoms with Crippen molar-refractivity contribution in [2.75, 3.05) is 0 Å². The average molecular weight is 298 g/mol. The topological polar surface area (TPSA) is 20.2 Å². The van der Waals surface area contributed by atoms with E-state index in [0.29, 0.717) is 18.3 Å². The lowest BCUT2D eigenvalue weighted by atomic mass is 9.65. The van der Waals surface area contributed by atoms with Crippen LogP contribution in [0.1, 0.15) is 62.5 Å². The molecule has 0 saturated heterocycles. The van der Waals surface area contributed by atoms with E-state index in [1.54, 1.807) is 6.07 Å². The molecule has 0 aliphatic heterocycles. The van der Waals surface area contributed by atoms with Gasteiger partial charge in [0.2, 0.25) is 0 Å². The second kappa shape index (κ2) is 5.01. The lowest BCUT2D eigenvalue weighted by molar-refractivity contribution is -0.142. The van der Waals surface area contributed by atoms with Gasteiger partial charge in [-0.15, -0.1) is 0 Å². The van der Waals surface area contributed by atoms with Crippen LogP contribution in [0.5, 0.6) is 0 Å². The summed E-state index contributed by atoms with van der Waals surface area (Å²) < 4.78 is 39.5. The van der Waals surface area contributed by atoms with E-state index in [0.717, 1.165) is 18.9 Å². The third-order valence-corrected chi connectivity index (χ3v) is 5.54. The first-order chi connectivity index (χ1) is 9.85. The van der Waals surface area contributed by atoms with Gasteiger partial charge in [0, 0.05) is 0 Å². The van der Waals surface area contributed by atoms with Crippen LogP contribution in [0.3, 0.4) is 0 Å². The lowest BCUT2D eigenvalue weighted by Crippen LogP contribution is -2.37. The molecule has 2 saturated carbocycles. The number of aliphatic hydroxyl groups is 1. The Kier molecular flexibility index (Phi) is 3.55. The molecule has 1 nitrogen and oxygen atoms in total. The normalized spacial score (nSPS) is 24.4.